The smallest absolute Gasteiger partial charge is 0.379 e. The zero-order valence-electron chi connectivity index (χ0n) is 36.4. The van der Waals surface area contributed by atoms with Crippen LogP contribution in [0.1, 0.15) is 79.7 Å². The van der Waals surface area contributed by atoms with Gasteiger partial charge in [0.15, 0.2) is 0 Å². The number of rotatable bonds is 21. The van der Waals surface area contributed by atoms with Gasteiger partial charge in [0.2, 0.25) is 23.6 Å². The van der Waals surface area contributed by atoms with Crippen LogP contribution >= 0.6 is 0 Å². The molecule has 19 heteroatoms. The number of halogens is 3. The van der Waals surface area contributed by atoms with E-state index in [0.29, 0.717) is 25.8 Å². The molecule has 0 bridgehead atoms. The van der Waals surface area contributed by atoms with Gasteiger partial charge in [0, 0.05) is 34.4 Å². The molecule has 59 heavy (non-hydrogen) atoms. The van der Waals surface area contributed by atoms with Crippen LogP contribution in [0.15, 0.2) is 29.2 Å². The minimum absolute atomic E-state index is 0.00621. The molecule has 3 N–H and O–H groups in total. The van der Waals surface area contributed by atoms with Crippen LogP contribution in [0.25, 0.3) is 0 Å². The molecule has 1 saturated heterocycles. The Morgan fingerprint density at radius 2 is 1.51 bits per heavy atom. The van der Waals surface area contributed by atoms with E-state index in [1.165, 1.54) is 33.3 Å². The maximum absolute atomic E-state index is 14.2. The third-order valence-electron chi connectivity index (χ3n) is 11.1. The van der Waals surface area contributed by atoms with Crippen LogP contribution < -0.4 is 15.4 Å². The lowest BCUT2D eigenvalue weighted by molar-refractivity contribution is -0.173. The number of nitrogens with zero attached hydrogens (tertiary/aromatic N) is 3. The number of alkyl halides is 3. The molecule has 8 atom stereocenters. The Morgan fingerprint density at radius 3 is 1.98 bits per heavy atom. The number of nitrogens with one attached hydrogen (secondary N) is 3. The lowest BCUT2D eigenvalue weighted by atomic mass is 9.89. The van der Waals surface area contributed by atoms with Gasteiger partial charge in [0.1, 0.15) is 6.04 Å². The van der Waals surface area contributed by atoms with Crippen LogP contribution in [0, 0.1) is 23.7 Å². The molecule has 1 aromatic rings. The van der Waals surface area contributed by atoms with Crippen LogP contribution in [0.5, 0.6) is 0 Å². The highest BCUT2D eigenvalue weighted by Crippen LogP contribution is 2.30. The van der Waals surface area contributed by atoms with Gasteiger partial charge in [-0.15, -0.1) is 0 Å². The minimum Gasteiger partial charge on any atom is -0.379 e. The number of carbonyl (C=O) groups excluding carboxylic acids is 5. The second kappa shape index (κ2) is 22.2. The predicted molar refractivity (Wildman–Crippen MR) is 215 cm³/mol. The minimum atomic E-state index is -5.07. The van der Waals surface area contributed by atoms with Crippen LogP contribution in [0.2, 0.25) is 0 Å². The molecular formula is C40H65F3N6O9S. The van der Waals surface area contributed by atoms with Gasteiger partial charge in [-0.25, -0.2) is 13.1 Å². The number of likely N-dealkylation sites (N-methyl/N-ethyl adjacent to an activating group) is 2. The van der Waals surface area contributed by atoms with E-state index in [9.17, 15) is 45.6 Å². The Labute approximate surface area is 347 Å². The first-order chi connectivity index (χ1) is 27.3. The monoisotopic (exact) mass is 862 g/mol. The van der Waals surface area contributed by atoms with E-state index in [-0.39, 0.29) is 52.4 Å². The molecule has 0 aliphatic carbocycles. The number of sulfonamides is 1. The average Bonchev–Trinajstić information content (AvgIpc) is 3.64. The third kappa shape index (κ3) is 13.6. The van der Waals surface area contributed by atoms with Crippen molar-refractivity contribution in [1.82, 2.24) is 30.1 Å². The van der Waals surface area contributed by atoms with Crippen LogP contribution in [-0.2, 0) is 50.0 Å². The largest absolute Gasteiger partial charge is 0.471 e. The predicted octanol–water partition coefficient (Wildman–Crippen LogP) is 3.32. The van der Waals surface area contributed by atoms with Gasteiger partial charge < -0.3 is 29.9 Å². The van der Waals surface area contributed by atoms with Gasteiger partial charge in [-0.2, -0.15) is 13.2 Å². The SMILES string of the molecule is CCC(C)C(C(CC(=O)N1CCC[C@H]1C(OC)C(C)C(=O)NS(=O)(=O)c1ccc(CNC(=O)C(F)(F)F)cc1)OC)N(C)C(=O)C(NC(=O)C(C(C)C)N(C)C)C(C)C. The Hall–Kier alpha value is -3.81. The number of hydrogen-bond acceptors (Lipinski definition) is 10. The molecule has 336 valence electrons. The number of hydrogen-bond donors (Lipinski definition) is 3. The molecule has 0 saturated carbocycles. The molecular weight excluding hydrogens is 798 g/mol. The molecule has 0 aromatic heterocycles. The van der Waals surface area contributed by atoms with E-state index < -0.39 is 76.9 Å². The van der Waals surface area contributed by atoms with Crippen molar-refractivity contribution in [3.05, 3.63) is 29.8 Å². The third-order valence-corrected chi connectivity index (χ3v) is 12.5. The first kappa shape index (κ1) is 51.3. The zero-order valence-corrected chi connectivity index (χ0v) is 37.2. The standard InChI is InChI=1S/C40H65F3N6O9S/c1-13-25(6)34(48(10)38(53)32(23(2)3)45-37(52)33(24(4)5)47(8)9)30(57-11)21-31(50)49-20-14-15-29(49)35(58-12)26(7)36(51)46-59(55,56)28-18-16-27(17-19-28)22-44-39(54)40(41,42)43/h16-19,23-26,29-30,32-35H,13-15,20-22H2,1-12H3,(H,44,54)(H,45,52)(H,46,51)/t25?,26?,29-,30?,32?,33?,34?,35?/m0/s1. The number of carbonyl (C=O) groups is 5. The van der Waals surface area contributed by atoms with Gasteiger partial charge in [-0.05, 0) is 62.4 Å². The summed E-state index contributed by atoms with van der Waals surface area (Å²) in [6, 6.07) is 2.15. The summed E-state index contributed by atoms with van der Waals surface area (Å²) in [5.74, 6) is -5.35. The van der Waals surface area contributed by atoms with Crippen molar-refractivity contribution in [2.45, 2.75) is 128 Å². The van der Waals surface area contributed by atoms with E-state index in [4.69, 9.17) is 9.47 Å². The van der Waals surface area contributed by atoms with E-state index >= 15 is 0 Å². The summed E-state index contributed by atoms with van der Waals surface area (Å²) in [6.45, 7) is 12.9. The van der Waals surface area contributed by atoms with E-state index in [1.807, 2.05) is 65.3 Å². The number of likely N-dealkylation sites (tertiary alicyclic amines) is 1. The fourth-order valence-corrected chi connectivity index (χ4v) is 8.83. The van der Waals surface area contributed by atoms with E-state index in [1.54, 1.807) is 22.2 Å². The molecule has 1 fully saturated rings. The Morgan fingerprint density at radius 1 is 0.915 bits per heavy atom. The van der Waals surface area contributed by atoms with Gasteiger partial charge >= 0.3 is 12.1 Å². The highest BCUT2D eigenvalue weighted by Gasteiger charge is 2.44. The van der Waals surface area contributed by atoms with Crippen molar-refractivity contribution >= 4 is 39.6 Å². The summed E-state index contributed by atoms with van der Waals surface area (Å²) in [6.07, 6.45) is -5.15. The van der Waals surface area contributed by atoms with Crippen molar-refractivity contribution in [3.8, 4) is 0 Å². The molecule has 1 heterocycles. The zero-order chi connectivity index (χ0) is 45.2. The Kier molecular flexibility index (Phi) is 19.3. The average molecular weight is 863 g/mol. The van der Waals surface area contributed by atoms with E-state index in [2.05, 4.69) is 5.32 Å². The molecule has 1 aliphatic heterocycles. The summed E-state index contributed by atoms with van der Waals surface area (Å²) < 4.78 is 77.6. The topological polar surface area (TPSA) is 184 Å². The second-order valence-corrected chi connectivity index (χ2v) is 17.9. The summed E-state index contributed by atoms with van der Waals surface area (Å²) in [5.41, 5.74) is 0.194. The molecule has 5 amide bonds. The van der Waals surface area contributed by atoms with Crippen molar-refractivity contribution < 1.29 is 55.0 Å². The number of ether oxygens (including phenoxy) is 2. The molecule has 0 radical (unpaired) electrons. The fourth-order valence-electron chi connectivity index (χ4n) is 7.76. The first-order valence-corrected chi connectivity index (χ1v) is 21.4. The molecule has 1 aromatic carbocycles. The van der Waals surface area contributed by atoms with Crippen LogP contribution in [-0.4, -0.2) is 137 Å². The van der Waals surface area contributed by atoms with Crippen molar-refractivity contribution in [3.63, 3.8) is 0 Å². The second-order valence-electron chi connectivity index (χ2n) is 16.3. The summed E-state index contributed by atoms with van der Waals surface area (Å²) in [4.78, 5) is 71.0. The van der Waals surface area contributed by atoms with Crippen molar-refractivity contribution in [2.24, 2.45) is 23.7 Å². The normalized spacial score (nSPS) is 18.5. The van der Waals surface area contributed by atoms with Gasteiger partial charge in [0.05, 0.1) is 47.6 Å². The molecule has 2 rings (SSSR count). The summed E-state index contributed by atoms with van der Waals surface area (Å²) in [7, 11) is 3.69. The molecule has 15 nitrogen and oxygen atoms in total. The number of benzene rings is 1. The molecule has 7 unspecified atom stereocenters. The van der Waals surface area contributed by atoms with E-state index in [0.717, 1.165) is 12.1 Å². The maximum atomic E-state index is 14.2. The van der Waals surface area contributed by atoms with Gasteiger partial charge in [-0.3, -0.25) is 28.9 Å². The first-order valence-electron chi connectivity index (χ1n) is 19.9. The quantitative estimate of drug-likeness (QED) is 0.166. The highest BCUT2D eigenvalue weighted by atomic mass is 32.2. The number of amides is 5. The van der Waals surface area contributed by atoms with Gasteiger partial charge in [-0.1, -0.05) is 67.0 Å². The summed E-state index contributed by atoms with van der Waals surface area (Å²) in [5, 5.41) is 4.68. The maximum Gasteiger partial charge on any atom is 0.471 e. The van der Waals surface area contributed by atoms with Crippen molar-refractivity contribution in [1.29, 1.82) is 0 Å². The van der Waals surface area contributed by atoms with Crippen LogP contribution in [0.3, 0.4) is 0 Å². The van der Waals surface area contributed by atoms with Crippen LogP contribution in [0.4, 0.5) is 13.2 Å². The number of methoxy groups -OCH3 is 2. The van der Waals surface area contributed by atoms with Gasteiger partial charge in [0.25, 0.3) is 10.0 Å². The molecule has 1 aliphatic rings. The lowest BCUT2D eigenvalue weighted by Gasteiger charge is -2.41. The molecule has 0 spiro atoms. The highest BCUT2D eigenvalue weighted by molar-refractivity contribution is 7.90. The fraction of sp³-hybridized carbons (Fsp3) is 0.725. The lowest BCUT2D eigenvalue weighted by Crippen LogP contribution is -2.59. The Bertz CT molecular complexity index is 1690. The van der Waals surface area contributed by atoms with Crippen molar-refractivity contribution in [2.75, 3.05) is 41.9 Å². The Balaban J connectivity index is 2.25. The summed E-state index contributed by atoms with van der Waals surface area (Å²) >= 11 is 0.